The van der Waals surface area contributed by atoms with Gasteiger partial charge in [0.1, 0.15) is 18.5 Å². The highest BCUT2D eigenvalue weighted by atomic mass is 16.5. The maximum absolute atomic E-state index is 11.4. The third kappa shape index (κ3) is 4.35. The molecule has 1 aliphatic carbocycles. The Morgan fingerprint density at radius 1 is 1.42 bits per heavy atom. The van der Waals surface area contributed by atoms with Crippen LogP contribution in [0.1, 0.15) is 43.0 Å². The Morgan fingerprint density at radius 2 is 2.25 bits per heavy atom. The summed E-state index contributed by atoms with van der Waals surface area (Å²) in [6.45, 7) is 3.99. The van der Waals surface area contributed by atoms with Gasteiger partial charge >= 0.3 is 0 Å². The lowest BCUT2D eigenvalue weighted by Gasteiger charge is -2.44. The third-order valence-electron chi connectivity index (χ3n) is 4.98. The largest absolute Gasteiger partial charge is 0.491 e. The zero-order chi connectivity index (χ0) is 16.9. The number of carbonyl (C=O) groups excluding carboxylic acids is 1. The summed E-state index contributed by atoms with van der Waals surface area (Å²) in [6.07, 6.45) is 4.54. The number of aliphatic hydroxyl groups is 1. The van der Waals surface area contributed by atoms with Gasteiger partial charge in [-0.05, 0) is 31.9 Å². The smallest absolute Gasteiger partial charge is 0.159 e. The van der Waals surface area contributed by atoms with Crippen molar-refractivity contribution in [1.82, 2.24) is 4.90 Å². The lowest BCUT2D eigenvalue weighted by Crippen LogP contribution is -2.55. The summed E-state index contributed by atoms with van der Waals surface area (Å²) in [5.74, 6) is 0.636. The van der Waals surface area contributed by atoms with Gasteiger partial charge in [0.2, 0.25) is 0 Å². The predicted molar refractivity (Wildman–Crippen MR) is 91.5 cm³/mol. The van der Waals surface area contributed by atoms with Crippen LogP contribution in [-0.4, -0.2) is 60.3 Å². The van der Waals surface area contributed by atoms with E-state index in [1.165, 1.54) is 19.8 Å². The minimum Gasteiger partial charge on any atom is -0.491 e. The molecule has 0 aromatic heterocycles. The topological polar surface area (TPSA) is 59.0 Å². The number of rotatable bonds is 6. The molecule has 132 valence electrons. The Balaban J connectivity index is 1.51. The van der Waals surface area contributed by atoms with Crippen LogP contribution in [0.2, 0.25) is 0 Å². The fourth-order valence-electron chi connectivity index (χ4n) is 3.72. The zero-order valence-corrected chi connectivity index (χ0v) is 14.3. The molecule has 5 heteroatoms. The van der Waals surface area contributed by atoms with E-state index < -0.39 is 6.10 Å². The first kappa shape index (κ1) is 17.4. The van der Waals surface area contributed by atoms with Crippen molar-refractivity contribution in [3.63, 3.8) is 0 Å². The molecule has 2 aliphatic rings. The lowest BCUT2D eigenvalue weighted by atomic mass is 9.90. The van der Waals surface area contributed by atoms with Gasteiger partial charge in [0, 0.05) is 24.7 Å². The molecule has 2 fully saturated rings. The molecule has 1 N–H and O–H groups in total. The quantitative estimate of drug-likeness (QED) is 0.809. The van der Waals surface area contributed by atoms with Crippen LogP contribution in [0.15, 0.2) is 24.3 Å². The number of hydrogen-bond donors (Lipinski definition) is 1. The monoisotopic (exact) mass is 333 g/mol. The molecule has 0 amide bonds. The minimum atomic E-state index is -0.549. The molecule has 3 rings (SSSR count). The van der Waals surface area contributed by atoms with Crippen molar-refractivity contribution in [3.05, 3.63) is 29.8 Å². The van der Waals surface area contributed by atoms with Gasteiger partial charge in [-0.2, -0.15) is 0 Å². The number of Topliss-reactive ketones (excluding diaryl/α,β-unsaturated/α-hetero) is 1. The highest BCUT2D eigenvalue weighted by molar-refractivity contribution is 5.94. The molecule has 24 heavy (non-hydrogen) atoms. The fourth-order valence-corrected chi connectivity index (χ4v) is 3.72. The van der Waals surface area contributed by atoms with Gasteiger partial charge in [0.25, 0.3) is 0 Å². The standard InChI is InChI=1S/C19H27NO4/c1-14(21)15-5-4-6-17(11-15)24-13-16(22)12-20-9-10-23-19-8-3-2-7-18(19)20/h4-6,11,16,18-19,22H,2-3,7-10,12-13H2,1H3/t16-,18+,19+/m1/s1. The van der Waals surface area contributed by atoms with Crippen LogP contribution in [0.3, 0.4) is 0 Å². The number of ketones is 1. The highest BCUT2D eigenvalue weighted by Crippen LogP contribution is 2.28. The van der Waals surface area contributed by atoms with Crippen molar-refractivity contribution in [1.29, 1.82) is 0 Å². The second-order valence-electron chi connectivity index (χ2n) is 6.80. The Bertz CT molecular complexity index is 560. The first-order chi connectivity index (χ1) is 11.6. The van der Waals surface area contributed by atoms with Crippen molar-refractivity contribution in [2.75, 3.05) is 26.3 Å². The summed E-state index contributed by atoms with van der Waals surface area (Å²) in [5, 5.41) is 10.4. The van der Waals surface area contributed by atoms with Crippen LogP contribution < -0.4 is 4.74 Å². The Morgan fingerprint density at radius 3 is 3.08 bits per heavy atom. The number of morpholine rings is 1. The van der Waals surface area contributed by atoms with Crippen LogP contribution in [0.25, 0.3) is 0 Å². The molecular formula is C19H27NO4. The van der Waals surface area contributed by atoms with Gasteiger partial charge in [-0.25, -0.2) is 0 Å². The minimum absolute atomic E-state index is 0.0117. The van der Waals surface area contributed by atoms with Crippen LogP contribution in [-0.2, 0) is 4.74 Å². The van der Waals surface area contributed by atoms with Gasteiger partial charge in [0.05, 0.1) is 12.7 Å². The summed E-state index contributed by atoms with van der Waals surface area (Å²) in [6, 6.07) is 7.53. The lowest BCUT2D eigenvalue weighted by molar-refractivity contribution is -0.0992. The normalized spacial score (nSPS) is 25.8. The van der Waals surface area contributed by atoms with Crippen molar-refractivity contribution in [3.8, 4) is 5.75 Å². The molecule has 1 saturated heterocycles. The number of hydrogen-bond acceptors (Lipinski definition) is 5. The van der Waals surface area contributed by atoms with E-state index in [0.29, 0.717) is 30.0 Å². The summed E-state index contributed by atoms with van der Waals surface area (Å²) >= 11 is 0. The molecule has 0 spiro atoms. The number of β-amino-alcohol motifs (C(OH)–C–C–N with tert-alkyl or cyclic N) is 1. The second-order valence-corrected chi connectivity index (χ2v) is 6.80. The SMILES string of the molecule is CC(=O)c1cccc(OC[C@H](O)CN2CCO[C@H]3CCCC[C@@H]32)c1. The Kier molecular flexibility index (Phi) is 5.87. The Labute approximate surface area is 143 Å². The first-order valence-electron chi connectivity index (χ1n) is 8.91. The van der Waals surface area contributed by atoms with E-state index >= 15 is 0 Å². The fraction of sp³-hybridized carbons (Fsp3) is 0.632. The number of ether oxygens (including phenoxy) is 2. The van der Waals surface area contributed by atoms with Crippen molar-refractivity contribution >= 4 is 5.78 Å². The van der Waals surface area contributed by atoms with E-state index in [1.807, 2.05) is 6.07 Å². The maximum Gasteiger partial charge on any atom is 0.159 e. The number of benzene rings is 1. The van der Waals surface area contributed by atoms with Gasteiger partial charge in [-0.1, -0.05) is 25.0 Å². The van der Waals surface area contributed by atoms with Gasteiger partial charge < -0.3 is 14.6 Å². The number of carbonyl (C=O) groups is 1. The van der Waals surface area contributed by atoms with E-state index in [0.717, 1.165) is 26.0 Å². The molecule has 0 unspecified atom stereocenters. The van der Waals surface area contributed by atoms with Gasteiger partial charge in [-0.3, -0.25) is 9.69 Å². The van der Waals surface area contributed by atoms with Crippen molar-refractivity contribution < 1.29 is 19.4 Å². The number of aliphatic hydroxyl groups excluding tert-OH is 1. The second kappa shape index (κ2) is 8.10. The number of fused-ring (bicyclic) bond motifs is 1. The van der Waals surface area contributed by atoms with Gasteiger partial charge in [-0.15, -0.1) is 0 Å². The maximum atomic E-state index is 11.4. The van der Waals surface area contributed by atoms with Crippen LogP contribution in [0.5, 0.6) is 5.75 Å². The molecule has 1 aromatic rings. The molecular weight excluding hydrogens is 306 g/mol. The molecule has 1 heterocycles. The van der Waals surface area contributed by atoms with Crippen molar-refractivity contribution in [2.24, 2.45) is 0 Å². The Hall–Kier alpha value is -1.43. The van der Waals surface area contributed by atoms with E-state index in [4.69, 9.17) is 9.47 Å². The average molecular weight is 333 g/mol. The van der Waals surface area contributed by atoms with Crippen LogP contribution in [0.4, 0.5) is 0 Å². The van der Waals surface area contributed by atoms with Crippen molar-refractivity contribution in [2.45, 2.75) is 50.9 Å². The average Bonchev–Trinajstić information content (AvgIpc) is 2.60. The van der Waals surface area contributed by atoms with Gasteiger partial charge in [0.15, 0.2) is 5.78 Å². The first-order valence-corrected chi connectivity index (χ1v) is 8.91. The van der Waals surface area contributed by atoms with Crippen LogP contribution in [0, 0.1) is 0 Å². The summed E-state index contributed by atoms with van der Waals surface area (Å²) in [7, 11) is 0. The van der Waals surface area contributed by atoms with E-state index in [2.05, 4.69) is 4.90 Å². The molecule has 0 bridgehead atoms. The van der Waals surface area contributed by atoms with Crippen LogP contribution >= 0.6 is 0 Å². The van der Waals surface area contributed by atoms with E-state index in [1.54, 1.807) is 18.2 Å². The molecule has 3 atom stereocenters. The summed E-state index contributed by atoms with van der Waals surface area (Å²) < 4.78 is 11.5. The third-order valence-corrected chi connectivity index (χ3v) is 4.98. The summed E-state index contributed by atoms with van der Waals surface area (Å²) in [5.41, 5.74) is 0.625. The predicted octanol–water partition coefficient (Wildman–Crippen LogP) is 2.27. The van der Waals surface area contributed by atoms with E-state index in [-0.39, 0.29) is 12.4 Å². The molecule has 1 aromatic carbocycles. The summed E-state index contributed by atoms with van der Waals surface area (Å²) in [4.78, 5) is 13.8. The molecule has 5 nitrogen and oxygen atoms in total. The molecule has 1 aliphatic heterocycles. The molecule has 1 saturated carbocycles. The highest BCUT2D eigenvalue weighted by Gasteiger charge is 2.34. The van der Waals surface area contributed by atoms with E-state index in [9.17, 15) is 9.90 Å². The number of nitrogens with zero attached hydrogens (tertiary/aromatic N) is 1. The molecule has 0 radical (unpaired) electrons. The zero-order valence-electron chi connectivity index (χ0n) is 14.3.